The molecule has 20 heavy (non-hydrogen) atoms. The maximum Gasteiger partial charge on any atom is 0.158 e. The second-order valence-electron chi connectivity index (χ2n) is 5.56. The van der Waals surface area contributed by atoms with E-state index in [4.69, 9.17) is 15.5 Å². The fourth-order valence-corrected chi connectivity index (χ4v) is 2.99. The van der Waals surface area contributed by atoms with Crippen molar-refractivity contribution in [1.29, 1.82) is 0 Å². The molecule has 0 radical (unpaired) electrons. The zero-order valence-electron chi connectivity index (χ0n) is 11.9. The lowest BCUT2D eigenvalue weighted by Gasteiger charge is -2.27. The van der Waals surface area contributed by atoms with Crippen LogP contribution in [-0.4, -0.2) is 17.7 Å². The molecule has 1 aromatic heterocycles. The van der Waals surface area contributed by atoms with E-state index in [0.29, 0.717) is 17.8 Å². The number of hydrogen-bond acceptors (Lipinski definition) is 4. The van der Waals surface area contributed by atoms with Crippen molar-refractivity contribution >= 4 is 10.9 Å². The minimum atomic E-state index is 0.325. The molecule has 2 N–H and O–H groups in total. The highest BCUT2D eigenvalue weighted by molar-refractivity contribution is 5.86. The van der Waals surface area contributed by atoms with E-state index < -0.39 is 0 Å². The molecular weight excluding hydrogens is 252 g/mol. The highest BCUT2D eigenvalue weighted by atomic mass is 16.6. The van der Waals surface area contributed by atoms with Crippen molar-refractivity contribution in [2.45, 2.75) is 38.7 Å². The lowest BCUT2D eigenvalue weighted by atomic mass is 9.88. The van der Waals surface area contributed by atoms with Crippen LogP contribution in [0.3, 0.4) is 0 Å². The number of aromatic nitrogens is 1. The Morgan fingerprint density at radius 1 is 1.35 bits per heavy atom. The first kappa shape index (κ1) is 13.3. The van der Waals surface area contributed by atoms with Crippen LogP contribution in [-0.2, 0) is 4.74 Å². The van der Waals surface area contributed by atoms with Crippen LogP contribution in [0, 0.1) is 6.92 Å². The maximum atomic E-state index is 5.62. The molecule has 0 aliphatic carbocycles. The van der Waals surface area contributed by atoms with E-state index in [1.54, 1.807) is 0 Å². The highest BCUT2D eigenvalue weighted by Crippen LogP contribution is 2.33. The molecule has 2 heterocycles. The predicted octanol–water partition coefficient (Wildman–Crippen LogP) is 3.08. The lowest BCUT2D eigenvalue weighted by molar-refractivity contribution is 0.0186. The SMILES string of the molecule is Cc1cc(ON)c2cc(C3CCOC(C)C3)ccc2n1. The number of pyridine rings is 1. The number of benzene rings is 1. The van der Waals surface area contributed by atoms with Crippen molar-refractivity contribution in [2.75, 3.05) is 6.61 Å². The van der Waals surface area contributed by atoms with Gasteiger partial charge in [-0.05, 0) is 50.3 Å². The topological polar surface area (TPSA) is 57.4 Å². The predicted molar refractivity (Wildman–Crippen MR) is 78.7 cm³/mol. The van der Waals surface area contributed by atoms with Gasteiger partial charge in [-0.1, -0.05) is 6.07 Å². The Labute approximate surface area is 118 Å². The molecular formula is C16H20N2O2. The summed E-state index contributed by atoms with van der Waals surface area (Å²) in [6.45, 7) is 4.90. The standard InChI is InChI=1S/C16H20N2O2/c1-10-7-16(20-17)14-9-12(3-4-15(14)18-10)13-5-6-19-11(2)8-13/h3-4,7,9,11,13H,5-6,8,17H2,1-2H3. The fraction of sp³-hybridized carbons (Fsp3) is 0.438. The normalized spacial score (nSPS) is 22.9. The van der Waals surface area contributed by atoms with Crippen molar-refractivity contribution in [1.82, 2.24) is 4.98 Å². The summed E-state index contributed by atoms with van der Waals surface area (Å²) in [4.78, 5) is 9.53. The Bertz CT molecular complexity index is 627. The van der Waals surface area contributed by atoms with Crippen LogP contribution in [0.4, 0.5) is 0 Å². The van der Waals surface area contributed by atoms with E-state index in [2.05, 4.69) is 30.1 Å². The summed E-state index contributed by atoms with van der Waals surface area (Å²) in [5.41, 5.74) is 3.15. The Hall–Kier alpha value is -1.65. The molecule has 1 saturated heterocycles. The Morgan fingerprint density at radius 3 is 2.95 bits per heavy atom. The van der Waals surface area contributed by atoms with E-state index in [-0.39, 0.29) is 0 Å². The fourth-order valence-electron chi connectivity index (χ4n) is 2.99. The highest BCUT2D eigenvalue weighted by Gasteiger charge is 2.21. The summed E-state index contributed by atoms with van der Waals surface area (Å²) in [5.74, 6) is 6.61. The molecule has 0 saturated carbocycles. The van der Waals surface area contributed by atoms with Gasteiger partial charge in [-0.15, -0.1) is 0 Å². The van der Waals surface area contributed by atoms with E-state index >= 15 is 0 Å². The van der Waals surface area contributed by atoms with Crippen molar-refractivity contribution < 1.29 is 9.57 Å². The molecule has 0 bridgehead atoms. The minimum Gasteiger partial charge on any atom is -0.411 e. The third-order valence-corrected chi connectivity index (χ3v) is 4.01. The number of rotatable bonds is 2. The monoisotopic (exact) mass is 272 g/mol. The van der Waals surface area contributed by atoms with Gasteiger partial charge in [0.2, 0.25) is 0 Å². The molecule has 2 atom stereocenters. The lowest BCUT2D eigenvalue weighted by Crippen LogP contribution is -2.21. The molecule has 1 fully saturated rings. The van der Waals surface area contributed by atoms with Crippen LogP contribution in [0.15, 0.2) is 24.3 Å². The summed E-state index contributed by atoms with van der Waals surface area (Å²) < 4.78 is 5.62. The van der Waals surface area contributed by atoms with Gasteiger partial charge in [0.15, 0.2) is 5.75 Å². The Balaban J connectivity index is 2.03. The van der Waals surface area contributed by atoms with E-state index in [9.17, 15) is 0 Å². The van der Waals surface area contributed by atoms with Gasteiger partial charge in [-0.3, -0.25) is 4.98 Å². The third-order valence-electron chi connectivity index (χ3n) is 4.01. The van der Waals surface area contributed by atoms with Gasteiger partial charge in [-0.2, -0.15) is 5.90 Å². The first-order chi connectivity index (χ1) is 9.67. The van der Waals surface area contributed by atoms with Gasteiger partial charge >= 0.3 is 0 Å². The first-order valence-corrected chi connectivity index (χ1v) is 7.07. The third kappa shape index (κ3) is 2.49. The van der Waals surface area contributed by atoms with Crippen LogP contribution in [0.25, 0.3) is 10.9 Å². The van der Waals surface area contributed by atoms with E-state index in [1.165, 1.54) is 5.56 Å². The van der Waals surface area contributed by atoms with Crippen molar-refractivity contribution in [3.63, 3.8) is 0 Å². The molecule has 1 aromatic carbocycles. The van der Waals surface area contributed by atoms with Crippen molar-refractivity contribution in [3.05, 3.63) is 35.5 Å². The number of hydrogen-bond donors (Lipinski definition) is 1. The summed E-state index contributed by atoms with van der Waals surface area (Å²) >= 11 is 0. The number of aryl methyl sites for hydroxylation is 1. The smallest absolute Gasteiger partial charge is 0.158 e. The van der Waals surface area contributed by atoms with Crippen LogP contribution in [0.1, 0.15) is 36.9 Å². The molecule has 1 aliphatic heterocycles. The molecule has 4 heteroatoms. The molecule has 4 nitrogen and oxygen atoms in total. The Kier molecular flexibility index (Phi) is 3.59. The summed E-state index contributed by atoms with van der Waals surface area (Å²) in [6.07, 6.45) is 2.45. The van der Waals surface area contributed by atoms with Gasteiger partial charge in [0.05, 0.1) is 11.6 Å². The average molecular weight is 272 g/mol. The van der Waals surface area contributed by atoms with Crippen LogP contribution >= 0.6 is 0 Å². The largest absolute Gasteiger partial charge is 0.411 e. The quantitative estimate of drug-likeness (QED) is 0.854. The summed E-state index contributed by atoms with van der Waals surface area (Å²) in [7, 11) is 0. The van der Waals surface area contributed by atoms with Gasteiger partial charge in [0, 0.05) is 23.8 Å². The second kappa shape index (κ2) is 5.38. The second-order valence-corrected chi connectivity index (χ2v) is 5.56. The van der Waals surface area contributed by atoms with Crippen LogP contribution < -0.4 is 10.7 Å². The molecule has 106 valence electrons. The number of ether oxygens (including phenoxy) is 1. The maximum absolute atomic E-state index is 5.62. The average Bonchev–Trinajstić information content (AvgIpc) is 2.46. The first-order valence-electron chi connectivity index (χ1n) is 7.07. The van der Waals surface area contributed by atoms with Crippen LogP contribution in [0.5, 0.6) is 5.75 Å². The van der Waals surface area contributed by atoms with E-state index in [1.807, 2.05) is 13.0 Å². The number of nitrogens with two attached hydrogens (primary N) is 1. The minimum absolute atomic E-state index is 0.325. The Morgan fingerprint density at radius 2 is 2.20 bits per heavy atom. The van der Waals surface area contributed by atoms with Crippen LogP contribution in [0.2, 0.25) is 0 Å². The van der Waals surface area contributed by atoms with Gasteiger partial charge in [0.1, 0.15) is 0 Å². The molecule has 2 aromatic rings. The van der Waals surface area contributed by atoms with Gasteiger partial charge < -0.3 is 9.57 Å². The summed E-state index contributed by atoms with van der Waals surface area (Å²) in [6, 6.07) is 8.25. The van der Waals surface area contributed by atoms with Crippen molar-refractivity contribution in [2.24, 2.45) is 5.90 Å². The number of nitrogens with zero attached hydrogens (tertiary/aromatic N) is 1. The molecule has 1 aliphatic rings. The molecule has 0 amide bonds. The van der Waals surface area contributed by atoms with Crippen molar-refractivity contribution in [3.8, 4) is 5.75 Å². The zero-order valence-corrected chi connectivity index (χ0v) is 11.9. The molecule has 2 unspecified atom stereocenters. The van der Waals surface area contributed by atoms with Gasteiger partial charge in [0.25, 0.3) is 0 Å². The zero-order chi connectivity index (χ0) is 14.1. The van der Waals surface area contributed by atoms with E-state index in [0.717, 1.165) is 36.0 Å². The summed E-state index contributed by atoms with van der Waals surface area (Å²) in [5, 5.41) is 0.981. The van der Waals surface area contributed by atoms with Gasteiger partial charge in [-0.25, -0.2) is 0 Å². The molecule has 3 rings (SSSR count). The molecule has 0 spiro atoms. The number of fused-ring (bicyclic) bond motifs is 1.